The van der Waals surface area contributed by atoms with Crippen LogP contribution in [-0.2, 0) is 4.79 Å². The van der Waals surface area contributed by atoms with Crippen LogP contribution in [-0.4, -0.2) is 55.5 Å². The summed E-state index contributed by atoms with van der Waals surface area (Å²) in [7, 11) is 3.91. The average molecular weight is 384 g/mol. The lowest BCUT2D eigenvalue weighted by Crippen LogP contribution is -2.47. The third kappa shape index (κ3) is 5.13. The first-order valence-electron chi connectivity index (χ1n) is 9.63. The van der Waals surface area contributed by atoms with Gasteiger partial charge < -0.3 is 20.0 Å². The second-order valence-corrected chi connectivity index (χ2v) is 7.30. The summed E-state index contributed by atoms with van der Waals surface area (Å²) >= 11 is 0. The number of carbonyl (C=O) groups excluding carboxylic acids is 2. The number of nitrogens with one attached hydrogen (secondary N) is 2. The number of hydrogen-bond donors (Lipinski definition) is 2. The fourth-order valence-electron chi connectivity index (χ4n) is 3.42. The molecular weight excluding hydrogens is 356 g/mol. The van der Waals surface area contributed by atoms with Gasteiger partial charge in [0.1, 0.15) is 5.76 Å². The van der Waals surface area contributed by atoms with E-state index in [-0.39, 0.29) is 23.9 Å². The van der Waals surface area contributed by atoms with Gasteiger partial charge in [0, 0.05) is 31.2 Å². The van der Waals surface area contributed by atoms with Crippen molar-refractivity contribution in [2.24, 2.45) is 5.92 Å². The van der Waals surface area contributed by atoms with Gasteiger partial charge in [-0.15, -0.1) is 0 Å². The van der Waals surface area contributed by atoms with Crippen molar-refractivity contribution in [3.63, 3.8) is 0 Å². The SMILES string of the molecule is CN(C)C(CNC(=O)N1CCC(C(=O)Nc2ccccc2)CC1)c1ccco1. The summed E-state index contributed by atoms with van der Waals surface area (Å²) in [5, 5.41) is 5.94. The van der Waals surface area contributed by atoms with Gasteiger partial charge in [-0.3, -0.25) is 9.69 Å². The Labute approximate surface area is 165 Å². The fraction of sp³-hybridized carbons (Fsp3) is 0.429. The minimum atomic E-state index is -0.0969. The molecule has 7 heteroatoms. The van der Waals surface area contributed by atoms with Crippen molar-refractivity contribution in [3.05, 3.63) is 54.5 Å². The molecule has 0 saturated carbocycles. The highest BCUT2D eigenvalue weighted by atomic mass is 16.3. The van der Waals surface area contributed by atoms with E-state index in [0.717, 1.165) is 11.4 Å². The van der Waals surface area contributed by atoms with Gasteiger partial charge >= 0.3 is 6.03 Å². The molecule has 0 spiro atoms. The molecule has 1 unspecified atom stereocenters. The average Bonchev–Trinajstić information content (AvgIpc) is 3.23. The van der Waals surface area contributed by atoms with Crippen molar-refractivity contribution < 1.29 is 14.0 Å². The predicted octanol–water partition coefficient (Wildman–Crippen LogP) is 2.94. The van der Waals surface area contributed by atoms with Crippen LogP contribution in [0.2, 0.25) is 0 Å². The Morgan fingerprint density at radius 3 is 2.46 bits per heavy atom. The summed E-state index contributed by atoms with van der Waals surface area (Å²) in [6, 6.07) is 13.1. The zero-order valence-corrected chi connectivity index (χ0v) is 16.4. The van der Waals surface area contributed by atoms with Gasteiger partial charge in [0.2, 0.25) is 5.91 Å². The fourth-order valence-corrected chi connectivity index (χ4v) is 3.42. The van der Waals surface area contributed by atoms with Gasteiger partial charge in [0.05, 0.1) is 12.3 Å². The molecule has 7 nitrogen and oxygen atoms in total. The molecule has 0 aliphatic carbocycles. The summed E-state index contributed by atoms with van der Waals surface area (Å²) in [4.78, 5) is 28.7. The van der Waals surface area contributed by atoms with Crippen LogP contribution < -0.4 is 10.6 Å². The summed E-state index contributed by atoms with van der Waals surface area (Å²) in [5.41, 5.74) is 0.806. The largest absolute Gasteiger partial charge is 0.468 e. The van der Waals surface area contributed by atoms with Crippen molar-refractivity contribution in [2.45, 2.75) is 18.9 Å². The van der Waals surface area contributed by atoms with E-state index in [4.69, 9.17) is 4.42 Å². The molecule has 2 N–H and O–H groups in total. The number of piperidine rings is 1. The molecule has 3 rings (SSSR count). The van der Waals surface area contributed by atoms with E-state index in [9.17, 15) is 9.59 Å². The first-order chi connectivity index (χ1) is 13.5. The summed E-state index contributed by atoms with van der Waals surface area (Å²) in [5.74, 6) is 0.778. The van der Waals surface area contributed by atoms with Crippen molar-refractivity contribution in [2.75, 3.05) is 39.0 Å². The van der Waals surface area contributed by atoms with Crippen molar-refractivity contribution in [1.82, 2.24) is 15.1 Å². The number of hydrogen-bond acceptors (Lipinski definition) is 4. The third-order valence-corrected chi connectivity index (χ3v) is 5.14. The Bertz CT molecular complexity index is 753. The summed E-state index contributed by atoms with van der Waals surface area (Å²) in [6.45, 7) is 1.62. The molecule has 2 aromatic rings. The number of furan rings is 1. The number of urea groups is 1. The second kappa shape index (κ2) is 9.41. The van der Waals surface area contributed by atoms with E-state index in [2.05, 4.69) is 10.6 Å². The molecule has 1 saturated heterocycles. The Morgan fingerprint density at radius 1 is 1.14 bits per heavy atom. The first-order valence-corrected chi connectivity index (χ1v) is 9.63. The van der Waals surface area contributed by atoms with Gasteiger partial charge in [-0.1, -0.05) is 18.2 Å². The van der Waals surface area contributed by atoms with E-state index < -0.39 is 0 Å². The highest BCUT2D eigenvalue weighted by molar-refractivity contribution is 5.92. The molecule has 1 aliphatic heterocycles. The summed E-state index contributed by atoms with van der Waals surface area (Å²) in [6.07, 6.45) is 2.97. The number of nitrogens with zero attached hydrogens (tertiary/aromatic N) is 2. The Morgan fingerprint density at radius 2 is 1.86 bits per heavy atom. The number of benzene rings is 1. The smallest absolute Gasteiger partial charge is 0.317 e. The minimum absolute atomic E-state index is 0.0202. The lowest BCUT2D eigenvalue weighted by molar-refractivity contribution is -0.121. The molecule has 1 fully saturated rings. The Kier molecular flexibility index (Phi) is 6.71. The van der Waals surface area contributed by atoms with E-state index in [1.54, 1.807) is 11.2 Å². The standard InChI is InChI=1S/C21H28N4O3/c1-24(2)18(19-9-6-14-28-19)15-22-21(27)25-12-10-16(11-13-25)20(26)23-17-7-4-3-5-8-17/h3-9,14,16,18H,10-13,15H2,1-2H3,(H,22,27)(H,23,26). The van der Waals surface area contributed by atoms with E-state index in [1.807, 2.05) is 61.5 Å². The maximum absolute atomic E-state index is 12.5. The highest BCUT2D eigenvalue weighted by Gasteiger charge is 2.28. The van der Waals surface area contributed by atoms with E-state index in [1.165, 1.54) is 0 Å². The Balaban J connectivity index is 1.45. The van der Waals surface area contributed by atoms with Gasteiger partial charge in [-0.05, 0) is 51.2 Å². The number of amides is 3. The van der Waals surface area contributed by atoms with Crippen LogP contribution >= 0.6 is 0 Å². The van der Waals surface area contributed by atoms with Crippen molar-refractivity contribution >= 4 is 17.6 Å². The normalized spacial score (nSPS) is 16.0. The molecule has 0 radical (unpaired) electrons. The Hall–Kier alpha value is -2.80. The lowest BCUT2D eigenvalue weighted by atomic mass is 9.96. The molecule has 150 valence electrons. The van der Waals surface area contributed by atoms with Crippen LogP contribution in [0, 0.1) is 5.92 Å². The van der Waals surface area contributed by atoms with E-state index in [0.29, 0.717) is 32.5 Å². The molecule has 2 heterocycles. The van der Waals surface area contributed by atoms with Crippen LogP contribution in [0.15, 0.2) is 53.1 Å². The third-order valence-electron chi connectivity index (χ3n) is 5.14. The van der Waals surface area contributed by atoms with Crippen LogP contribution in [0.1, 0.15) is 24.6 Å². The molecule has 3 amide bonds. The molecule has 1 aromatic heterocycles. The molecule has 1 atom stereocenters. The minimum Gasteiger partial charge on any atom is -0.468 e. The molecule has 0 bridgehead atoms. The zero-order valence-electron chi connectivity index (χ0n) is 16.4. The van der Waals surface area contributed by atoms with Crippen LogP contribution in [0.4, 0.5) is 10.5 Å². The van der Waals surface area contributed by atoms with Gasteiger partial charge in [0.25, 0.3) is 0 Å². The first kappa shape index (κ1) is 19.9. The second-order valence-electron chi connectivity index (χ2n) is 7.30. The number of carbonyl (C=O) groups is 2. The van der Waals surface area contributed by atoms with Gasteiger partial charge in [-0.25, -0.2) is 4.79 Å². The topological polar surface area (TPSA) is 77.8 Å². The molecular formula is C21H28N4O3. The molecule has 28 heavy (non-hydrogen) atoms. The van der Waals surface area contributed by atoms with Crippen LogP contribution in [0.25, 0.3) is 0 Å². The highest BCUT2D eigenvalue weighted by Crippen LogP contribution is 2.21. The lowest BCUT2D eigenvalue weighted by Gasteiger charge is -2.32. The van der Waals surface area contributed by atoms with E-state index >= 15 is 0 Å². The van der Waals surface area contributed by atoms with Crippen LogP contribution in [0.3, 0.4) is 0 Å². The number of anilines is 1. The number of likely N-dealkylation sites (tertiary alicyclic amines) is 1. The maximum atomic E-state index is 12.5. The van der Waals surface area contributed by atoms with Crippen molar-refractivity contribution in [1.29, 1.82) is 0 Å². The zero-order chi connectivity index (χ0) is 19.9. The summed E-state index contributed by atoms with van der Waals surface area (Å²) < 4.78 is 5.47. The molecule has 1 aromatic carbocycles. The van der Waals surface area contributed by atoms with Gasteiger partial charge in [0.15, 0.2) is 0 Å². The number of para-hydroxylation sites is 1. The number of likely N-dealkylation sites (N-methyl/N-ethyl adjacent to an activating group) is 1. The van der Waals surface area contributed by atoms with Crippen molar-refractivity contribution in [3.8, 4) is 0 Å². The quantitative estimate of drug-likeness (QED) is 0.803. The monoisotopic (exact) mass is 384 g/mol. The maximum Gasteiger partial charge on any atom is 0.317 e. The molecule has 1 aliphatic rings. The van der Waals surface area contributed by atoms with Gasteiger partial charge in [-0.2, -0.15) is 0 Å². The number of rotatable bonds is 6. The van der Waals surface area contributed by atoms with Crippen LogP contribution in [0.5, 0.6) is 0 Å². The predicted molar refractivity (Wildman–Crippen MR) is 108 cm³/mol.